The molecule has 2 aromatic carbocycles. The van der Waals surface area contributed by atoms with Crippen LogP contribution < -0.4 is 9.64 Å². The van der Waals surface area contributed by atoms with E-state index in [-0.39, 0.29) is 11.6 Å². The standard InChI is InChI=1S/C25H27N3O4/c1-16-12-18(15-19(13-16)31-5)27-11-10-26-23(27)22(29)21-14-17-8-6-7-9-20(17)28(21)24(30)32-25(2,3)4/h6-13,15,21H,14H2,1-5H3. The summed E-state index contributed by atoms with van der Waals surface area (Å²) in [5.41, 5.74) is 2.69. The largest absolute Gasteiger partial charge is 0.497 e. The first-order valence-corrected chi connectivity index (χ1v) is 10.5. The van der Waals surface area contributed by atoms with E-state index in [1.807, 2.05) is 70.2 Å². The summed E-state index contributed by atoms with van der Waals surface area (Å²) in [6.07, 6.45) is 3.18. The first-order valence-electron chi connectivity index (χ1n) is 10.5. The third kappa shape index (κ3) is 4.10. The molecule has 1 atom stereocenters. The Morgan fingerprint density at radius 1 is 1.12 bits per heavy atom. The van der Waals surface area contributed by atoms with Crippen LogP contribution in [0.5, 0.6) is 5.75 Å². The zero-order valence-corrected chi connectivity index (χ0v) is 19.0. The second-order valence-corrected chi connectivity index (χ2v) is 8.89. The zero-order chi connectivity index (χ0) is 23.0. The molecule has 1 unspecified atom stereocenters. The molecule has 0 N–H and O–H groups in total. The highest BCUT2D eigenvalue weighted by Crippen LogP contribution is 2.35. The Labute approximate surface area is 187 Å². The van der Waals surface area contributed by atoms with Crippen molar-refractivity contribution in [1.29, 1.82) is 0 Å². The van der Waals surface area contributed by atoms with E-state index >= 15 is 0 Å². The number of benzene rings is 2. The predicted octanol–water partition coefficient (Wildman–Crippen LogP) is 4.74. The Balaban J connectivity index is 1.73. The summed E-state index contributed by atoms with van der Waals surface area (Å²) < 4.78 is 12.7. The van der Waals surface area contributed by atoms with Gasteiger partial charge in [0.15, 0.2) is 5.82 Å². The molecule has 0 spiro atoms. The second kappa shape index (κ2) is 8.15. The highest BCUT2D eigenvalue weighted by molar-refractivity contribution is 6.07. The van der Waals surface area contributed by atoms with E-state index < -0.39 is 17.7 Å². The predicted molar refractivity (Wildman–Crippen MR) is 122 cm³/mol. The number of carbonyl (C=O) groups excluding carboxylic acids is 2. The van der Waals surface area contributed by atoms with Crippen molar-refractivity contribution in [3.63, 3.8) is 0 Å². The summed E-state index contributed by atoms with van der Waals surface area (Å²) in [4.78, 5) is 32.6. The van der Waals surface area contributed by atoms with Crippen LogP contribution in [0.4, 0.5) is 10.5 Å². The number of para-hydroxylation sites is 1. The number of amides is 1. The molecule has 0 saturated heterocycles. The Morgan fingerprint density at radius 2 is 1.88 bits per heavy atom. The molecule has 32 heavy (non-hydrogen) atoms. The molecule has 1 amide bonds. The Kier molecular flexibility index (Phi) is 5.50. The maximum atomic E-state index is 13.7. The summed E-state index contributed by atoms with van der Waals surface area (Å²) in [7, 11) is 1.60. The van der Waals surface area contributed by atoms with Crippen LogP contribution in [-0.4, -0.2) is 40.2 Å². The van der Waals surface area contributed by atoms with E-state index in [1.165, 1.54) is 4.90 Å². The summed E-state index contributed by atoms with van der Waals surface area (Å²) in [6.45, 7) is 7.38. The maximum absolute atomic E-state index is 13.7. The van der Waals surface area contributed by atoms with Crippen LogP contribution in [0.15, 0.2) is 54.9 Å². The number of hydrogen-bond acceptors (Lipinski definition) is 5. The Bertz CT molecular complexity index is 1180. The van der Waals surface area contributed by atoms with E-state index in [2.05, 4.69) is 4.98 Å². The van der Waals surface area contributed by atoms with Crippen LogP contribution >= 0.6 is 0 Å². The average molecular weight is 434 g/mol. The van der Waals surface area contributed by atoms with Gasteiger partial charge in [-0.05, 0) is 57.0 Å². The number of carbonyl (C=O) groups is 2. The first-order chi connectivity index (χ1) is 15.2. The highest BCUT2D eigenvalue weighted by Gasteiger charge is 2.42. The lowest BCUT2D eigenvalue weighted by Crippen LogP contribution is -2.46. The number of ketones is 1. The fourth-order valence-corrected chi connectivity index (χ4v) is 3.96. The van der Waals surface area contributed by atoms with Crippen molar-refractivity contribution in [3.05, 3.63) is 71.8 Å². The van der Waals surface area contributed by atoms with Gasteiger partial charge in [0.2, 0.25) is 5.78 Å². The van der Waals surface area contributed by atoms with Gasteiger partial charge in [0.25, 0.3) is 0 Å². The number of aromatic nitrogens is 2. The van der Waals surface area contributed by atoms with Crippen LogP contribution in [0.3, 0.4) is 0 Å². The van der Waals surface area contributed by atoms with Crippen LogP contribution in [0.25, 0.3) is 5.69 Å². The van der Waals surface area contributed by atoms with Gasteiger partial charge < -0.3 is 9.47 Å². The van der Waals surface area contributed by atoms with Gasteiger partial charge in [-0.25, -0.2) is 9.78 Å². The monoisotopic (exact) mass is 433 g/mol. The average Bonchev–Trinajstić information content (AvgIpc) is 3.36. The molecule has 7 nitrogen and oxygen atoms in total. The molecule has 2 heterocycles. The first kappa shape index (κ1) is 21.6. The molecular formula is C25H27N3O4. The minimum absolute atomic E-state index is 0.252. The molecule has 0 aliphatic carbocycles. The minimum atomic E-state index is -0.741. The molecule has 7 heteroatoms. The topological polar surface area (TPSA) is 73.7 Å². The number of nitrogens with zero attached hydrogens (tertiary/aromatic N) is 3. The van der Waals surface area contributed by atoms with E-state index in [1.54, 1.807) is 24.1 Å². The lowest BCUT2D eigenvalue weighted by Gasteiger charge is -2.28. The van der Waals surface area contributed by atoms with Crippen LogP contribution in [-0.2, 0) is 11.2 Å². The third-order valence-corrected chi connectivity index (χ3v) is 5.28. The van der Waals surface area contributed by atoms with Crippen molar-refractivity contribution in [2.24, 2.45) is 0 Å². The van der Waals surface area contributed by atoms with Crippen molar-refractivity contribution in [1.82, 2.24) is 9.55 Å². The van der Waals surface area contributed by atoms with Gasteiger partial charge in [0.05, 0.1) is 18.5 Å². The molecule has 0 bridgehead atoms. The van der Waals surface area contributed by atoms with E-state index in [4.69, 9.17) is 9.47 Å². The van der Waals surface area contributed by atoms with Crippen LogP contribution in [0.2, 0.25) is 0 Å². The molecule has 0 radical (unpaired) electrons. The second-order valence-electron chi connectivity index (χ2n) is 8.89. The number of anilines is 1. The van der Waals surface area contributed by atoms with Gasteiger partial charge in [0, 0.05) is 24.9 Å². The summed E-state index contributed by atoms with van der Waals surface area (Å²) >= 11 is 0. The van der Waals surface area contributed by atoms with E-state index in [0.29, 0.717) is 17.9 Å². The van der Waals surface area contributed by atoms with Gasteiger partial charge in [-0.2, -0.15) is 0 Å². The van der Waals surface area contributed by atoms with E-state index in [9.17, 15) is 9.59 Å². The van der Waals surface area contributed by atoms with Crippen molar-refractivity contribution in [2.45, 2.75) is 45.8 Å². The van der Waals surface area contributed by atoms with Gasteiger partial charge in [-0.1, -0.05) is 18.2 Å². The molecular weight excluding hydrogens is 406 g/mol. The number of hydrogen-bond donors (Lipinski definition) is 0. The number of Topliss-reactive ketones (excluding diaryl/α,β-unsaturated/α-hetero) is 1. The minimum Gasteiger partial charge on any atom is -0.497 e. The fraction of sp³-hybridized carbons (Fsp3) is 0.320. The Hall–Kier alpha value is -3.61. The van der Waals surface area contributed by atoms with Crippen molar-refractivity contribution >= 4 is 17.6 Å². The van der Waals surface area contributed by atoms with Crippen molar-refractivity contribution in [3.8, 4) is 11.4 Å². The van der Waals surface area contributed by atoms with Crippen LogP contribution in [0, 0.1) is 6.92 Å². The molecule has 1 aliphatic heterocycles. The SMILES string of the molecule is COc1cc(C)cc(-n2ccnc2C(=O)C2Cc3ccccc3N2C(=O)OC(C)(C)C)c1. The number of methoxy groups -OCH3 is 1. The maximum Gasteiger partial charge on any atom is 0.415 e. The lowest BCUT2D eigenvalue weighted by atomic mass is 10.1. The van der Waals surface area contributed by atoms with Gasteiger partial charge in [-0.3, -0.25) is 14.3 Å². The number of ether oxygens (including phenoxy) is 2. The van der Waals surface area contributed by atoms with Crippen LogP contribution in [0.1, 0.15) is 42.5 Å². The normalized spacial score (nSPS) is 15.4. The van der Waals surface area contributed by atoms with Gasteiger partial charge in [-0.15, -0.1) is 0 Å². The number of imidazole rings is 1. The van der Waals surface area contributed by atoms with Gasteiger partial charge >= 0.3 is 6.09 Å². The lowest BCUT2D eigenvalue weighted by molar-refractivity contribution is 0.0558. The molecule has 0 fully saturated rings. The zero-order valence-electron chi connectivity index (χ0n) is 19.0. The molecule has 3 aromatic rings. The Morgan fingerprint density at radius 3 is 2.59 bits per heavy atom. The summed E-state index contributed by atoms with van der Waals surface area (Å²) in [6, 6.07) is 12.5. The number of fused-ring (bicyclic) bond motifs is 1. The molecule has 0 saturated carbocycles. The number of aryl methyl sites for hydroxylation is 1. The summed E-state index contributed by atoms with van der Waals surface area (Å²) in [5.74, 6) is 0.692. The van der Waals surface area contributed by atoms with E-state index in [0.717, 1.165) is 16.8 Å². The van der Waals surface area contributed by atoms with Crippen molar-refractivity contribution in [2.75, 3.05) is 12.0 Å². The fourth-order valence-electron chi connectivity index (χ4n) is 3.96. The quantitative estimate of drug-likeness (QED) is 0.556. The molecule has 1 aromatic heterocycles. The molecule has 166 valence electrons. The number of rotatable bonds is 4. The smallest absolute Gasteiger partial charge is 0.415 e. The third-order valence-electron chi connectivity index (χ3n) is 5.28. The molecule has 1 aliphatic rings. The highest BCUT2D eigenvalue weighted by atomic mass is 16.6. The summed E-state index contributed by atoms with van der Waals surface area (Å²) in [5, 5.41) is 0. The van der Waals surface area contributed by atoms with Crippen molar-refractivity contribution < 1.29 is 19.1 Å². The molecule has 4 rings (SSSR count). The van der Waals surface area contributed by atoms with Gasteiger partial charge in [0.1, 0.15) is 17.4 Å².